The third-order valence-electron chi connectivity index (χ3n) is 3.67. The van der Waals surface area contributed by atoms with Crippen molar-refractivity contribution in [2.75, 3.05) is 5.32 Å². The number of aromatic nitrogens is 5. The first-order chi connectivity index (χ1) is 13.2. The molecule has 3 heterocycles. The molecular weight excluding hydrogens is 351 g/mol. The quantitative estimate of drug-likeness (QED) is 0.585. The number of amides is 1. The van der Waals surface area contributed by atoms with Crippen LogP contribution >= 0.6 is 0 Å². The lowest BCUT2D eigenvalue weighted by atomic mass is 10.3. The van der Waals surface area contributed by atoms with Crippen molar-refractivity contribution >= 4 is 11.6 Å². The Labute approximate surface area is 152 Å². The molecule has 0 saturated heterocycles. The van der Waals surface area contributed by atoms with Gasteiger partial charge in [-0.2, -0.15) is 4.98 Å². The standard InChI is InChI=1S/C18H13FN6O2/c19-13-1-3-14(4-2-13)22-16(26)10-25-9-15(21-11-25)17-23-18(27-24-17)12-5-7-20-8-6-12/h1-9,11H,10H2,(H,22,26). The Hall–Kier alpha value is -3.88. The second-order valence-corrected chi connectivity index (χ2v) is 5.65. The van der Waals surface area contributed by atoms with Crippen LogP contribution < -0.4 is 5.32 Å². The van der Waals surface area contributed by atoms with Gasteiger partial charge < -0.3 is 14.4 Å². The van der Waals surface area contributed by atoms with Crippen LogP contribution in [0.5, 0.6) is 0 Å². The van der Waals surface area contributed by atoms with Crippen molar-refractivity contribution in [1.29, 1.82) is 0 Å². The summed E-state index contributed by atoms with van der Waals surface area (Å²) in [5.41, 5.74) is 1.75. The minimum Gasteiger partial charge on any atom is -0.334 e. The molecule has 0 atom stereocenters. The molecule has 1 N–H and O–H groups in total. The normalized spacial score (nSPS) is 10.7. The van der Waals surface area contributed by atoms with Crippen LogP contribution in [0.2, 0.25) is 0 Å². The predicted octanol–water partition coefficient (Wildman–Crippen LogP) is 2.77. The molecule has 8 nitrogen and oxygen atoms in total. The molecule has 0 unspecified atom stereocenters. The molecule has 1 aromatic carbocycles. The Kier molecular flexibility index (Phi) is 4.40. The monoisotopic (exact) mass is 364 g/mol. The highest BCUT2D eigenvalue weighted by Gasteiger charge is 2.13. The van der Waals surface area contributed by atoms with E-state index in [0.29, 0.717) is 23.1 Å². The van der Waals surface area contributed by atoms with Gasteiger partial charge in [-0.1, -0.05) is 5.16 Å². The Morgan fingerprint density at radius 2 is 1.93 bits per heavy atom. The van der Waals surface area contributed by atoms with Crippen LogP contribution in [0.4, 0.5) is 10.1 Å². The highest BCUT2D eigenvalue weighted by atomic mass is 19.1. The average molecular weight is 364 g/mol. The first-order valence-corrected chi connectivity index (χ1v) is 7.99. The number of hydrogen-bond donors (Lipinski definition) is 1. The van der Waals surface area contributed by atoms with Crippen LogP contribution in [0, 0.1) is 5.82 Å². The van der Waals surface area contributed by atoms with Gasteiger partial charge in [0, 0.05) is 29.8 Å². The van der Waals surface area contributed by atoms with E-state index < -0.39 is 0 Å². The zero-order chi connectivity index (χ0) is 18.6. The van der Waals surface area contributed by atoms with Crippen molar-refractivity contribution in [3.05, 3.63) is 67.1 Å². The van der Waals surface area contributed by atoms with E-state index in [1.54, 1.807) is 35.3 Å². The zero-order valence-electron chi connectivity index (χ0n) is 13.9. The van der Waals surface area contributed by atoms with E-state index in [4.69, 9.17) is 4.52 Å². The molecule has 0 radical (unpaired) electrons. The van der Waals surface area contributed by atoms with Crippen LogP contribution in [0.15, 0.2) is 65.8 Å². The molecule has 0 aliphatic carbocycles. The van der Waals surface area contributed by atoms with E-state index in [1.807, 2.05) is 0 Å². The summed E-state index contributed by atoms with van der Waals surface area (Å²) in [6.07, 6.45) is 6.41. The second-order valence-electron chi connectivity index (χ2n) is 5.65. The van der Waals surface area contributed by atoms with Crippen LogP contribution in [-0.2, 0) is 11.3 Å². The maximum atomic E-state index is 12.9. The fraction of sp³-hybridized carbons (Fsp3) is 0.0556. The number of imidazole rings is 1. The lowest BCUT2D eigenvalue weighted by Gasteiger charge is -2.05. The molecule has 3 aromatic heterocycles. The van der Waals surface area contributed by atoms with Crippen LogP contribution in [-0.4, -0.2) is 30.6 Å². The fourth-order valence-corrected chi connectivity index (χ4v) is 2.40. The number of halogens is 1. The van der Waals surface area contributed by atoms with Gasteiger partial charge in [0.1, 0.15) is 18.1 Å². The molecule has 27 heavy (non-hydrogen) atoms. The largest absolute Gasteiger partial charge is 0.334 e. The Morgan fingerprint density at radius 1 is 1.15 bits per heavy atom. The number of anilines is 1. The number of carbonyl (C=O) groups excluding carboxylic acids is 1. The minimum atomic E-state index is -0.363. The van der Waals surface area contributed by atoms with Gasteiger partial charge >= 0.3 is 0 Å². The van der Waals surface area contributed by atoms with Gasteiger partial charge in [-0.05, 0) is 36.4 Å². The van der Waals surface area contributed by atoms with E-state index in [9.17, 15) is 9.18 Å². The first kappa shape index (κ1) is 16.6. The fourth-order valence-electron chi connectivity index (χ4n) is 2.40. The number of hydrogen-bond acceptors (Lipinski definition) is 6. The lowest BCUT2D eigenvalue weighted by Crippen LogP contribution is -2.17. The van der Waals surface area contributed by atoms with Crippen molar-refractivity contribution in [3.63, 3.8) is 0 Å². The SMILES string of the molecule is O=C(Cn1cnc(-c2noc(-c3ccncc3)n2)c1)Nc1ccc(F)cc1. The van der Waals surface area contributed by atoms with E-state index >= 15 is 0 Å². The highest BCUT2D eigenvalue weighted by Crippen LogP contribution is 2.20. The summed E-state index contributed by atoms with van der Waals surface area (Å²) in [6, 6.07) is 9.06. The average Bonchev–Trinajstić information content (AvgIpc) is 3.34. The van der Waals surface area contributed by atoms with Crippen molar-refractivity contribution in [2.45, 2.75) is 6.54 Å². The maximum Gasteiger partial charge on any atom is 0.258 e. The van der Waals surface area contributed by atoms with E-state index in [2.05, 4.69) is 25.4 Å². The smallest absolute Gasteiger partial charge is 0.258 e. The molecule has 0 fully saturated rings. The number of benzene rings is 1. The van der Waals surface area contributed by atoms with Crippen molar-refractivity contribution in [3.8, 4) is 23.0 Å². The summed E-state index contributed by atoms with van der Waals surface area (Å²) in [5, 5.41) is 6.60. The summed E-state index contributed by atoms with van der Waals surface area (Å²) >= 11 is 0. The predicted molar refractivity (Wildman–Crippen MR) is 93.8 cm³/mol. The summed E-state index contributed by atoms with van der Waals surface area (Å²) in [6.45, 7) is 0.0411. The lowest BCUT2D eigenvalue weighted by molar-refractivity contribution is -0.116. The Balaban J connectivity index is 1.43. The second kappa shape index (κ2) is 7.16. The molecule has 134 valence electrons. The van der Waals surface area contributed by atoms with Crippen molar-refractivity contribution in [2.24, 2.45) is 0 Å². The number of pyridine rings is 1. The highest BCUT2D eigenvalue weighted by molar-refractivity contribution is 5.90. The van der Waals surface area contributed by atoms with Gasteiger partial charge in [0.05, 0.1) is 6.33 Å². The number of carbonyl (C=O) groups is 1. The Morgan fingerprint density at radius 3 is 2.70 bits per heavy atom. The van der Waals surface area contributed by atoms with E-state index in [1.165, 1.54) is 30.6 Å². The molecule has 1 amide bonds. The minimum absolute atomic E-state index is 0.0411. The molecule has 4 aromatic rings. The van der Waals surface area contributed by atoms with Crippen LogP contribution in [0.1, 0.15) is 0 Å². The molecule has 4 rings (SSSR count). The maximum absolute atomic E-state index is 12.9. The van der Waals surface area contributed by atoms with Crippen molar-refractivity contribution < 1.29 is 13.7 Å². The molecular formula is C18H13FN6O2. The summed E-state index contributed by atoms with van der Waals surface area (Å²) in [7, 11) is 0. The topological polar surface area (TPSA) is 98.7 Å². The molecule has 0 aliphatic heterocycles. The van der Waals surface area contributed by atoms with E-state index in [-0.39, 0.29) is 18.3 Å². The van der Waals surface area contributed by atoms with Gasteiger partial charge in [-0.15, -0.1) is 0 Å². The molecule has 9 heteroatoms. The third kappa shape index (κ3) is 3.87. The molecule has 0 spiro atoms. The first-order valence-electron chi connectivity index (χ1n) is 7.99. The summed E-state index contributed by atoms with van der Waals surface area (Å²) in [5.74, 6) is 0.0464. The van der Waals surface area contributed by atoms with Gasteiger partial charge in [-0.25, -0.2) is 9.37 Å². The molecule has 0 saturated carbocycles. The summed E-state index contributed by atoms with van der Waals surface area (Å²) in [4.78, 5) is 24.5. The molecule has 0 bridgehead atoms. The number of nitrogens with zero attached hydrogens (tertiary/aromatic N) is 5. The van der Waals surface area contributed by atoms with Crippen LogP contribution in [0.3, 0.4) is 0 Å². The zero-order valence-corrected chi connectivity index (χ0v) is 13.9. The summed E-state index contributed by atoms with van der Waals surface area (Å²) < 4.78 is 19.7. The Bertz CT molecular complexity index is 1060. The van der Waals surface area contributed by atoms with Gasteiger partial charge in [-0.3, -0.25) is 9.78 Å². The van der Waals surface area contributed by atoms with E-state index in [0.717, 1.165) is 5.56 Å². The van der Waals surface area contributed by atoms with Gasteiger partial charge in [0.25, 0.3) is 5.89 Å². The number of nitrogens with one attached hydrogen (secondary N) is 1. The molecule has 0 aliphatic rings. The van der Waals surface area contributed by atoms with Gasteiger partial charge in [0.15, 0.2) is 0 Å². The van der Waals surface area contributed by atoms with Crippen LogP contribution in [0.25, 0.3) is 23.0 Å². The van der Waals surface area contributed by atoms with Gasteiger partial charge in [0.2, 0.25) is 11.7 Å². The number of rotatable bonds is 5. The third-order valence-corrected chi connectivity index (χ3v) is 3.67. The van der Waals surface area contributed by atoms with Crippen molar-refractivity contribution in [1.82, 2.24) is 24.7 Å².